The molecule has 0 saturated heterocycles. The molecule has 0 aliphatic carbocycles. The molecule has 5 nitrogen and oxygen atoms in total. The molecular formula is C9H9N3O2S. The van der Waals surface area contributed by atoms with Crippen LogP contribution in [0.25, 0.3) is 0 Å². The Morgan fingerprint density at radius 2 is 2.67 bits per heavy atom. The molecule has 1 rings (SSSR count). The Bertz CT molecular complexity index is 392. The largest absolute Gasteiger partial charge is 0.462 e. The highest BCUT2D eigenvalue weighted by Gasteiger charge is 2.08. The van der Waals surface area contributed by atoms with E-state index < -0.39 is 5.97 Å². The predicted molar refractivity (Wildman–Crippen MR) is 56.1 cm³/mol. The van der Waals surface area contributed by atoms with Crippen LogP contribution in [0.3, 0.4) is 0 Å². The average Bonchev–Trinajstić information content (AvgIpc) is 2.72. The molecule has 78 valence electrons. The van der Waals surface area contributed by atoms with Gasteiger partial charge in [0.15, 0.2) is 5.57 Å². The standard InChI is InChI=1S/C9H9N3O2S/c1-2-14-9(13)7(5-10)6-11-8-3-4-15-12-8/h3-4,6H,2H2,1H3,(H,11,12). The van der Waals surface area contributed by atoms with Crippen LogP contribution in [-0.4, -0.2) is 16.9 Å². The molecule has 0 saturated carbocycles. The van der Waals surface area contributed by atoms with Crippen molar-refractivity contribution in [2.45, 2.75) is 6.92 Å². The Balaban J connectivity index is 2.63. The molecule has 15 heavy (non-hydrogen) atoms. The zero-order valence-corrected chi connectivity index (χ0v) is 8.87. The van der Waals surface area contributed by atoms with E-state index in [4.69, 9.17) is 5.26 Å². The number of nitrogens with one attached hydrogen (secondary N) is 1. The number of nitrogens with zero attached hydrogens (tertiary/aromatic N) is 2. The number of rotatable bonds is 4. The zero-order chi connectivity index (χ0) is 11.1. The lowest BCUT2D eigenvalue weighted by Gasteiger charge is -1.99. The zero-order valence-electron chi connectivity index (χ0n) is 8.06. The molecule has 1 aromatic rings. The van der Waals surface area contributed by atoms with Crippen LogP contribution in [0, 0.1) is 11.3 Å². The van der Waals surface area contributed by atoms with Crippen LogP contribution >= 0.6 is 11.5 Å². The highest BCUT2D eigenvalue weighted by molar-refractivity contribution is 7.03. The lowest BCUT2D eigenvalue weighted by Crippen LogP contribution is -2.07. The SMILES string of the molecule is CCOC(=O)C(C#N)=CNc1ccsn1. The molecule has 0 aromatic carbocycles. The third kappa shape index (κ3) is 3.40. The van der Waals surface area contributed by atoms with Gasteiger partial charge in [-0.3, -0.25) is 0 Å². The van der Waals surface area contributed by atoms with Crippen LogP contribution in [0.5, 0.6) is 0 Å². The molecule has 1 N–H and O–H groups in total. The van der Waals surface area contributed by atoms with E-state index in [0.717, 1.165) is 0 Å². The van der Waals surface area contributed by atoms with Crippen molar-refractivity contribution in [1.82, 2.24) is 4.37 Å². The Morgan fingerprint density at radius 1 is 1.87 bits per heavy atom. The first kappa shape index (κ1) is 11.2. The molecule has 0 unspecified atom stereocenters. The Kier molecular flexibility index (Phi) is 4.31. The minimum atomic E-state index is -0.636. The number of hydrogen-bond donors (Lipinski definition) is 1. The predicted octanol–water partition coefficient (Wildman–Crippen LogP) is 1.53. The van der Waals surface area contributed by atoms with Gasteiger partial charge >= 0.3 is 5.97 Å². The van der Waals surface area contributed by atoms with Crippen molar-refractivity contribution in [3.63, 3.8) is 0 Å². The summed E-state index contributed by atoms with van der Waals surface area (Å²) >= 11 is 1.28. The van der Waals surface area contributed by atoms with E-state index in [0.29, 0.717) is 5.82 Å². The number of aromatic nitrogens is 1. The van der Waals surface area contributed by atoms with Crippen molar-refractivity contribution >= 4 is 23.3 Å². The average molecular weight is 223 g/mol. The van der Waals surface area contributed by atoms with Crippen molar-refractivity contribution in [1.29, 1.82) is 5.26 Å². The van der Waals surface area contributed by atoms with Gasteiger partial charge in [-0.05, 0) is 24.5 Å². The Hall–Kier alpha value is -1.87. The molecule has 0 atom stereocenters. The molecule has 0 bridgehead atoms. The normalized spacial score (nSPS) is 10.5. The fourth-order valence-electron chi connectivity index (χ4n) is 0.779. The van der Waals surface area contributed by atoms with E-state index in [9.17, 15) is 4.79 Å². The third-order valence-corrected chi connectivity index (χ3v) is 1.98. The summed E-state index contributed by atoms with van der Waals surface area (Å²) < 4.78 is 8.63. The number of esters is 1. The molecule has 6 heteroatoms. The highest BCUT2D eigenvalue weighted by Crippen LogP contribution is 2.06. The molecule has 1 aromatic heterocycles. The maximum atomic E-state index is 11.2. The van der Waals surface area contributed by atoms with Gasteiger partial charge in [0.05, 0.1) is 6.61 Å². The Morgan fingerprint density at radius 3 is 3.20 bits per heavy atom. The van der Waals surface area contributed by atoms with Gasteiger partial charge < -0.3 is 10.1 Å². The van der Waals surface area contributed by atoms with Crippen molar-refractivity contribution < 1.29 is 9.53 Å². The number of carbonyl (C=O) groups excluding carboxylic acids is 1. The number of carbonyl (C=O) groups is 1. The van der Waals surface area contributed by atoms with Crippen LogP contribution in [0.15, 0.2) is 23.2 Å². The first-order valence-corrected chi connectivity index (χ1v) is 5.06. The summed E-state index contributed by atoms with van der Waals surface area (Å²) in [6.45, 7) is 1.93. The van der Waals surface area contributed by atoms with Crippen molar-refractivity contribution in [2.24, 2.45) is 0 Å². The summed E-state index contributed by atoms with van der Waals surface area (Å²) in [6, 6.07) is 3.49. The van der Waals surface area contributed by atoms with Gasteiger partial charge in [0.2, 0.25) is 0 Å². The number of ether oxygens (including phenoxy) is 1. The summed E-state index contributed by atoms with van der Waals surface area (Å²) in [5, 5.41) is 13.2. The Labute approximate surface area is 91.2 Å². The monoisotopic (exact) mass is 223 g/mol. The van der Waals surface area contributed by atoms with E-state index >= 15 is 0 Å². The first-order valence-electron chi connectivity index (χ1n) is 4.22. The molecule has 0 fully saturated rings. The topological polar surface area (TPSA) is 75.0 Å². The summed E-state index contributed by atoms with van der Waals surface area (Å²) in [5.41, 5.74) is -0.0788. The van der Waals surface area contributed by atoms with Gasteiger partial charge in [0.25, 0.3) is 0 Å². The number of hydrogen-bond acceptors (Lipinski definition) is 6. The first-order chi connectivity index (χ1) is 7.27. The van der Waals surface area contributed by atoms with Gasteiger partial charge in [-0.2, -0.15) is 9.64 Å². The summed E-state index contributed by atoms with van der Waals surface area (Å²) in [7, 11) is 0. The van der Waals surface area contributed by atoms with Crippen LogP contribution < -0.4 is 5.32 Å². The number of anilines is 1. The molecule has 0 aliphatic heterocycles. The lowest BCUT2D eigenvalue weighted by molar-refractivity contribution is -0.138. The molecule has 0 radical (unpaired) electrons. The van der Waals surface area contributed by atoms with Crippen LogP contribution in [0.1, 0.15) is 6.92 Å². The van der Waals surface area contributed by atoms with Gasteiger partial charge in [0, 0.05) is 11.6 Å². The van der Waals surface area contributed by atoms with Crippen LogP contribution in [0.2, 0.25) is 0 Å². The highest BCUT2D eigenvalue weighted by atomic mass is 32.1. The van der Waals surface area contributed by atoms with Crippen LogP contribution in [-0.2, 0) is 9.53 Å². The van der Waals surface area contributed by atoms with E-state index in [1.165, 1.54) is 17.7 Å². The molecule has 0 spiro atoms. The minimum Gasteiger partial charge on any atom is -0.462 e. The summed E-state index contributed by atoms with van der Waals surface area (Å²) in [5.74, 6) is -0.0419. The quantitative estimate of drug-likeness (QED) is 0.476. The van der Waals surface area contributed by atoms with Gasteiger partial charge in [0.1, 0.15) is 11.9 Å². The van der Waals surface area contributed by atoms with E-state index in [-0.39, 0.29) is 12.2 Å². The maximum absolute atomic E-state index is 11.2. The fraction of sp³-hybridized carbons (Fsp3) is 0.222. The van der Waals surface area contributed by atoms with E-state index in [1.54, 1.807) is 24.4 Å². The second kappa shape index (κ2) is 5.78. The summed E-state index contributed by atoms with van der Waals surface area (Å²) in [6.07, 6.45) is 1.28. The summed E-state index contributed by atoms with van der Waals surface area (Å²) in [4.78, 5) is 11.2. The van der Waals surface area contributed by atoms with Crippen molar-refractivity contribution in [3.8, 4) is 6.07 Å². The maximum Gasteiger partial charge on any atom is 0.350 e. The smallest absolute Gasteiger partial charge is 0.350 e. The second-order valence-corrected chi connectivity index (χ2v) is 3.08. The van der Waals surface area contributed by atoms with Gasteiger partial charge in [-0.15, -0.1) is 0 Å². The van der Waals surface area contributed by atoms with E-state index in [2.05, 4.69) is 14.4 Å². The number of nitriles is 1. The molecule has 0 aliphatic rings. The van der Waals surface area contributed by atoms with E-state index in [1.807, 2.05) is 0 Å². The lowest BCUT2D eigenvalue weighted by atomic mass is 10.3. The molecule has 1 heterocycles. The molecular weight excluding hydrogens is 214 g/mol. The van der Waals surface area contributed by atoms with Gasteiger partial charge in [-0.25, -0.2) is 4.79 Å². The van der Waals surface area contributed by atoms with Crippen molar-refractivity contribution in [3.05, 3.63) is 23.2 Å². The second-order valence-electron chi connectivity index (χ2n) is 2.42. The third-order valence-electron chi connectivity index (χ3n) is 1.42. The fourth-order valence-corrected chi connectivity index (χ4v) is 1.26. The van der Waals surface area contributed by atoms with Crippen LogP contribution in [0.4, 0.5) is 5.82 Å². The van der Waals surface area contributed by atoms with Crippen molar-refractivity contribution in [2.75, 3.05) is 11.9 Å². The minimum absolute atomic E-state index is 0.0788. The van der Waals surface area contributed by atoms with Gasteiger partial charge in [-0.1, -0.05) is 0 Å². The molecule has 0 amide bonds.